The number of rotatable bonds is 8. The van der Waals surface area contributed by atoms with E-state index in [9.17, 15) is 4.79 Å². The lowest BCUT2D eigenvalue weighted by molar-refractivity contribution is -0.121. The lowest BCUT2D eigenvalue weighted by Gasteiger charge is -2.20. The van der Waals surface area contributed by atoms with Gasteiger partial charge in [0.1, 0.15) is 0 Å². The van der Waals surface area contributed by atoms with E-state index in [0.717, 1.165) is 12.0 Å². The monoisotopic (exact) mass is 378 g/mol. The molecule has 2 aromatic carbocycles. The average molecular weight is 379 g/mol. The van der Waals surface area contributed by atoms with E-state index in [1.165, 1.54) is 16.0 Å². The molecule has 1 amide bonds. The second kappa shape index (κ2) is 9.49. The van der Waals surface area contributed by atoms with Crippen LogP contribution in [-0.2, 0) is 11.2 Å². The van der Waals surface area contributed by atoms with Crippen LogP contribution in [0.3, 0.4) is 0 Å². The molecule has 0 aliphatic rings. The van der Waals surface area contributed by atoms with E-state index in [0.29, 0.717) is 0 Å². The van der Waals surface area contributed by atoms with Crippen molar-refractivity contribution in [2.24, 2.45) is 0 Å². The molecule has 1 aromatic heterocycles. The average Bonchev–Trinajstić information content (AvgIpc) is 3.24. The molecular formula is C23H26N2OS. The first kappa shape index (κ1) is 19.3. The predicted octanol–water partition coefficient (Wildman–Crippen LogP) is 4.87. The Balaban J connectivity index is 1.65. The lowest BCUT2D eigenvalue weighted by atomic mass is 10.0. The summed E-state index contributed by atoms with van der Waals surface area (Å²) in [5, 5.41) is 8.57. The molecular weight excluding hydrogens is 352 g/mol. The highest BCUT2D eigenvalue weighted by Gasteiger charge is 2.17. The molecule has 0 unspecified atom stereocenters. The molecule has 2 atom stereocenters. The molecule has 0 aliphatic carbocycles. The summed E-state index contributed by atoms with van der Waals surface area (Å²) in [5.74, 6) is -0.00177. The fourth-order valence-corrected chi connectivity index (χ4v) is 3.92. The fourth-order valence-electron chi connectivity index (χ4n) is 3.10. The summed E-state index contributed by atoms with van der Waals surface area (Å²) in [6, 6.07) is 22.8. The maximum absolute atomic E-state index is 12.5. The van der Waals surface area contributed by atoms with Gasteiger partial charge in [-0.15, -0.1) is 11.3 Å². The molecule has 0 fully saturated rings. The molecule has 0 spiro atoms. The Morgan fingerprint density at radius 1 is 0.963 bits per heavy atom. The van der Waals surface area contributed by atoms with Gasteiger partial charge in [-0.25, -0.2) is 0 Å². The van der Waals surface area contributed by atoms with Gasteiger partial charge in [-0.1, -0.05) is 67.6 Å². The van der Waals surface area contributed by atoms with Crippen LogP contribution in [0.2, 0.25) is 0 Å². The van der Waals surface area contributed by atoms with Crippen LogP contribution in [0.15, 0.2) is 72.1 Å². The molecule has 0 bridgehead atoms. The zero-order chi connectivity index (χ0) is 19.1. The molecule has 3 nitrogen and oxygen atoms in total. The molecule has 2 N–H and O–H groups in total. The van der Waals surface area contributed by atoms with E-state index in [1.54, 1.807) is 11.3 Å². The summed E-state index contributed by atoms with van der Waals surface area (Å²) in [5.41, 5.74) is 3.60. The molecule has 0 saturated carbocycles. The van der Waals surface area contributed by atoms with Crippen LogP contribution in [0.1, 0.15) is 47.5 Å². The first-order valence-corrected chi connectivity index (χ1v) is 10.2. The maximum Gasteiger partial charge on any atom is 0.234 e. The topological polar surface area (TPSA) is 41.1 Å². The number of carbonyl (C=O) groups excluding carboxylic acids is 1. The third-order valence-electron chi connectivity index (χ3n) is 4.69. The van der Waals surface area contributed by atoms with Crippen molar-refractivity contribution in [2.45, 2.75) is 32.4 Å². The van der Waals surface area contributed by atoms with E-state index in [1.807, 2.05) is 43.3 Å². The number of amides is 1. The third-order valence-corrected chi connectivity index (χ3v) is 5.63. The molecule has 4 heteroatoms. The minimum absolute atomic E-state index is 0.00177. The Bertz CT molecular complexity index is 829. The van der Waals surface area contributed by atoms with E-state index in [-0.39, 0.29) is 24.5 Å². The smallest absolute Gasteiger partial charge is 0.234 e. The van der Waals surface area contributed by atoms with Gasteiger partial charge in [0.2, 0.25) is 5.91 Å². The van der Waals surface area contributed by atoms with E-state index in [2.05, 4.69) is 53.3 Å². The zero-order valence-electron chi connectivity index (χ0n) is 15.8. The van der Waals surface area contributed by atoms with Gasteiger partial charge in [0, 0.05) is 4.88 Å². The second-order valence-corrected chi connectivity index (χ2v) is 7.60. The molecule has 140 valence electrons. The summed E-state index contributed by atoms with van der Waals surface area (Å²) in [4.78, 5) is 13.7. The van der Waals surface area contributed by atoms with Crippen LogP contribution in [-0.4, -0.2) is 12.5 Å². The van der Waals surface area contributed by atoms with Crippen LogP contribution in [0, 0.1) is 0 Å². The molecule has 3 rings (SSSR count). The molecule has 0 saturated heterocycles. The number of benzene rings is 2. The predicted molar refractivity (Wildman–Crippen MR) is 113 cm³/mol. The van der Waals surface area contributed by atoms with Crippen molar-refractivity contribution in [1.82, 2.24) is 10.6 Å². The van der Waals surface area contributed by atoms with Crippen molar-refractivity contribution in [3.63, 3.8) is 0 Å². The first-order valence-electron chi connectivity index (χ1n) is 9.37. The van der Waals surface area contributed by atoms with Crippen LogP contribution in [0.5, 0.6) is 0 Å². The van der Waals surface area contributed by atoms with Crippen molar-refractivity contribution < 1.29 is 4.79 Å². The summed E-state index contributed by atoms with van der Waals surface area (Å²) in [6.45, 7) is 4.44. The highest BCUT2D eigenvalue weighted by Crippen LogP contribution is 2.26. The first-order chi connectivity index (χ1) is 13.2. The SMILES string of the molecule is CCc1ccc([C@H](NCC(=O)N[C@H](C)c2ccccc2)c2cccs2)cc1. The number of hydrogen-bond donors (Lipinski definition) is 2. The van der Waals surface area contributed by atoms with Crippen molar-refractivity contribution in [1.29, 1.82) is 0 Å². The standard InChI is InChI=1S/C23H26N2OS/c1-3-18-11-13-20(14-12-18)23(21-10-7-15-27-21)24-16-22(26)25-17(2)19-8-5-4-6-9-19/h4-15,17,23-24H,3,16H2,1-2H3,(H,25,26)/t17-,23+/m1/s1. The van der Waals surface area contributed by atoms with E-state index < -0.39 is 0 Å². The fraction of sp³-hybridized carbons (Fsp3) is 0.261. The Kier molecular flexibility index (Phi) is 6.80. The Morgan fingerprint density at radius 3 is 2.33 bits per heavy atom. The summed E-state index contributed by atoms with van der Waals surface area (Å²) < 4.78 is 0. The largest absolute Gasteiger partial charge is 0.348 e. The van der Waals surface area contributed by atoms with Crippen molar-refractivity contribution >= 4 is 17.2 Å². The van der Waals surface area contributed by atoms with Gasteiger partial charge in [-0.3, -0.25) is 10.1 Å². The molecule has 3 aromatic rings. The summed E-state index contributed by atoms with van der Waals surface area (Å²) >= 11 is 1.70. The number of thiophene rings is 1. The number of aryl methyl sites for hydroxylation is 1. The van der Waals surface area contributed by atoms with Crippen LogP contribution < -0.4 is 10.6 Å². The van der Waals surface area contributed by atoms with Crippen LogP contribution >= 0.6 is 11.3 Å². The van der Waals surface area contributed by atoms with Gasteiger partial charge in [0.05, 0.1) is 18.6 Å². The molecule has 27 heavy (non-hydrogen) atoms. The maximum atomic E-state index is 12.5. The number of hydrogen-bond acceptors (Lipinski definition) is 3. The zero-order valence-corrected chi connectivity index (χ0v) is 16.6. The highest BCUT2D eigenvalue weighted by atomic mass is 32.1. The van der Waals surface area contributed by atoms with Gasteiger partial charge in [0.25, 0.3) is 0 Å². The third kappa shape index (κ3) is 5.28. The van der Waals surface area contributed by atoms with Crippen molar-refractivity contribution in [2.75, 3.05) is 6.54 Å². The molecule has 1 heterocycles. The second-order valence-electron chi connectivity index (χ2n) is 6.62. The minimum Gasteiger partial charge on any atom is -0.348 e. The Labute approximate surface area is 165 Å². The van der Waals surface area contributed by atoms with Gasteiger partial charge in [-0.2, -0.15) is 0 Å². The lowest BCUT2D eigenvalue weighted by Crippen LogP contribution is -2.37. The summed E-state index contributed by atoms with van der Waals surface area (Å²) in [6.07, 6.45) is 1.02. The quantitative estimate of drug-likeness (QED) is 0.587. The normalized spacial score (nSPS) is 13.1. The van der Waals surface area contributed by atoms with Crippen LogP contribution in [0.25, 0.3) is 0 Å². The number of carbonyl (C=O) groups is 1. The number of nitrogens with one attached hydrogen (secondary N) is 2. The van der Waals surface area contributed by atoms with Gasteiger partial charge in [-0.05, 0) is 41.5 Å². The van der Waals surface area contributed by atoms with E-state index >= 15 is 0 Å². The Hall–Kier alpha value is -2.43. The van der Waals surface area contributed by atoms with Crippen molar-refractivity contribution in [3.05, 3.63) is 93.7 Å². The molecule has 0 radical (unpaired) electrons. The van der Waals surface area contributed by atoms with Gasteiger partial charge in [0.15, 0.2) is 0 Å². The van der Waals surface area contributed by atoms with E-state index in [4.69, 9.17) is 0 Å². The van der Waals surface area contributed by atoms with Crippen molar-refractivity contribution in [3.8, 4) is 0 Å². The van der Waals surface area contributed by atoms with Gasteiger partial charge >= 0.3 is 0 Å². The Morgan fingerprint density at radius 2 is 1.70 bits per heavy atom. The van der Waals surface area contributed by atoms with Crippen LogP contribution in [0.4, 0.5) is 0 Å². The van der Waals surface area contributed by atoms with Gasteiger partial charge < -0.3 is 5.32 Å². The highest BCUT2D eigenvalue weighted by molar-refractivity contribution is 7.10. The summed E-state index contributed by atoms with van der Waals surface area (Å²) in [7, 11) is 0. The molecule has 0 aliphatic heterocycles. The minimum atomic E-state index is -0.00970.